The molecule has 0 unspecified atom stereocenters. The van der Waals surface area contributed by atoms with Crippen molar-refractivity contribution < 1.29 is 23.8 Å². The van der Waals surface area contributed by atoms with Crippen LogP contribution in [0.25, 0.3) is 5.57 Å². The smallest absolute Gasteiger partial charge is 0.282 e. The number of para-hydroxylation sites is 1. The van der Waals surface area contributed by atoms with Crippen LogP contribution in [-0.4, -0.2) is 32.6 Å². The van der Waals surface area contributed by atoms with Crippen molar-refractivity contribution in [2.24, 2.45) is 0 Å². The van der Waals surface area contributed by atoms with E-state index in [1.165, 1.54) is 12.0 Å². The maximum atomic E-state index is 13.7. The lowest BCUT2D eigenvalue weighted by molar-refractivity contribution is -0.120. The average molecular weight is 459 g/mol. The molecular formula is C27H26N2O5. The fraction of sp³-hybridized carbons (Fsp3) is 0.185. The molecule has 0 radical (unpaired) electrons. The van der Waals surface area contributed by atoms with Crippen molar-refractivity contribution in [2.75, 3.05) is 31.0 Å². The summed E-state index contributed by atoms with van der Waals surface area (Å²) in [5.41, 5.74) is 2.94. The van der Waals surface area contributed by atoms with Gasteiger partial charge in [0.1, 0.15) is 11.4 Å². The molecule has 2 amide bonds. The Morgan fingerprint density at radius 1 is 0.853 bits per heavy atom. The van der Waals surface area contributed by atoms with E-state index in [1.54, 1.807) is 43.5 Å². The van der Waals surface area contributed by atoms with Crippen molar-refractivity contribution in [3.8, 4) is 17.2 Å². The summed E-state index contributed by atoms with van der Waals surface area (Å²) in [6.45, 7) is 4.28. The van der Waals surface area contributed by atoms with E-state index in [9.17, 15) is 9.59 Å². The van der Waals surface area contributed by atoms with Crippen LogP contribution in [0.3, 0.4) is 0 Å². The van der Waals surface area contributed by atoms with E-state index in [2.05, 4.69) is 5.32 Å². The summed E-state index contributed by atoms with van der Waals surface area (Å²) in [6, 6.07) is 19.7. The molecule has 34 heavy (non-hydrogen) atoms. The van der Waals surface area contributed by atoms with Gasteiger partial charge in [-0.25, -0.2) is 4.90 Å². The Hall–Kier alpha value is -4.26. The van der Waals surface area contributed by atoms with Crippen LogP contribution in [0, 0.1) is 6.92 Å². The van der Waals surface area contributed by atoms with Gasteiger partial charge in [0, 0.05) is 11.8 Å². The Balaban J connectivity index is 1.85. The molecule has 4 rings (SSSR count). The fourth-order valence-corrected chi connectivity index (χ4v) is 3.91. The van der Waals surface area contributed by atoms with Gasteiger partial charge in [-0.3, -0.25) is 9.59 Å². The predicted molar refractivity (Wildman–Crippen MR) is 131 cm³/mol. The number of benzene rings is 3. The highest BCUT2D eigenvalue weighted by molar-refractivity contribution is 6.46. The third kappa shape index (κ3) is 4.20. The molecule has 0 bridgehead atoms. The summed E-state index contributed by atoms with van der Waals surface area (Å²) in [5, 5.41) is 3.17. The number of hydrogen-bond acceptors (Lipinski definition) is 6. The second-order valence-corrected chi connectivity index (χ2v) is 7.64. The molecule has 1 heterocycles. The third-order valence-corrected chi connectivity index (χ3v) is 5.53. The van der Waals surface area contributed by atoms with Gasteiger partial charge in [0.25, 0.3) is 11.8 Å². The Morgan fingerprint density at radius 3 is 2.32 bits per heavy atom. The number of carbonyl (C=O) groups excluding carboxylic acids is 2. The van der Waals surface area contributed by atoms with Crippen LogP contribution in [0.15, 0.2) is 72.4 Å². The molecule has 0 aromatic heterocycles. The first-order valence-corrected chi connectivity index (χ1v) is 10.9. The van der Waals surface area contributed by atoms with Crippen molar-refractivity contribution in [3.05, 3.63) is 83.6 Å². The highest BCUT2D eigenvalue weighted by Crippen LogP contribution is 2.38. The Morgan fingerprint density at radius 2 is 1.62 bits per heavy atom. The van der Waals surface area contributed by atoms with Crippen LogP contribution in [0.4, 0.5) is 11.4 Å². The van der Waals surface area contributed by atoms with Crippen molar-refractivity contribution in [3.63, 3.8) is 0 Å². The summed E-state index contributed by atoms with van der Waals surface area (Å²) in [6.07, 6.45) is 0. The summed E-state index contributed by atoms with van der Waals surface area (Å²) in [4.78, 5) is 28.6. The third-order valence-electron chi connectivity index (χ3n) is 5.53. The van der Waals surface area contributed by atoms with E-state index in [0.717, 1.165) is 5.56 Å². The van der Waals surface area contributed by atoms with Crippen LogP contribution < -0.4 is 24.4 Å². The van der Waals surface area contributed by atoms with E-state index in [4.69, 9.17) is 14.2 Å². The van der Waals surface area contributed by atoms with Crippen molar-refractivity contribution in [2.45, 2.75) is 13.8 Å². The molecule has 3 aromatic carbocycles. The quantitative estimate of drug-likeness (QED) is 0.489. The maximum Gasteiger partial charge on any atom is 0.282 e. The molecule has 0 saturated heterocycles. The number of amides is 2. The zero-order chi connectivity index (χ0) is 24.2. The van der Waals surface area contributed by atoms with Gasteiger partial charge in [-0.15, -0.1) is 0 Å². The number of anilines is 2. The molecule has 3 aromatic rings. The molecule has 1 N–H and O–H groups in total. The molecule has 0 saturated carbocycles. The van der Waals surface area contributed by atoms with Gasteiger partial charge in [0.15, 0.2) is 11.5 Å². The monoisotopic (exact) mass is 458 g/mol. The lowest BCUT2D eigenvalue weighted by Gasteiger charge is -2.18. The molecule has 0 spiro atoms. The number of aryl methyl sites for hydroxylation is 1. The molecule has 1 aliphatic rings. The van der Waals surface area contributed by atoms with E-state index >= 15 is 0 Å². The van der Waals surface area contributed by atoms with Gasteiger partial charge in [0.2, 0.25) is 0 Å². The zero-order valence-electron chi connectivity index (χ0n) is 19.5. The topological polar surface area (TPSA) is 77.1 Å². The molecule has 0 fully saturated rings. The lowest BCUT2D eigenvalue weighted by atomic mass is 10.0. The van der Waals surface area contributed by atoms with Gasteiger partial charge in [-0.05, 0) is 55.3 Å². The molecule has 174 valence electrons. The fourth-order valence-electron chi connectivity index (χ4n) is 3.91. The van der Waals surface area contributed by atoms with Gasteiger partial charge in [-0.1, -0.05) is 30.3 Å². The zero-order valence-corrected chi connectivity index (χ0v) is 19.5. The van der Waals surface area contributed by atoms with Crippen molar-refractivity contribution in [1.29, 1.82) is 0 Å². The Labute approximate surface area is 198 Å². The maximum absolute atomic E-state index is 13.7. The minimum Gasteiger partial charge on any atom is -0.494 e. The Kier molecular flexibility index (Phi) is 6.54. The van der Waals surface area contributed by atoms with Crippen LogP contribution >= 0.6 is 0 Å². The summed E-state index contributed by atoms with van der Waals surface area (Å²) in [7, 11) is 3.06. The highest BCUT2D eigenvalue weighted by Gasteiger charge is 2.41. The minimum atomic E-state index is -0.439. The van der Waals surface area contributed by atoms with Crippen LogP contribution in [0.1, 0.15) is 18.1 Å². The lowest BCUT2D eigenvalue weighted by Crippen LogP contribution is -2.33. The molecule has 0 aliphatic carbocycles. The van der Waals surface area contributed by atoms with Gasteiger partial charge in [-0.2, -0.15) is 0 Å². The van der Waals surface area contributed by atoms with Crippen molar-refractivity contribution >= 4 is 28.8 Å². The highest BCUT2D eigenvalue weighted by atomic mass is 16.5. The van der Waals surface area contributed by atoms with Crippen LogP contribution in [0.5, 0.6) is 17.2 Å². The molecule has 1 aliphatic heterocycles. The second kappa shape index (κ2) is 9.70. The number of methoxy groups -OCH3 is 2. The molecule has 7 nitrogen and oxygen atoms in total. The van der Waals surface area contributed by atoms with Crippen molar-refractivity contribution in [1.82, 2.24) is 0 Å². The summed E-state index contributed by atoms with van der Waals surface area (Å²) < 4.78 is 16.3. The number of rotatable bonds is 8. The van der Waals surface area contributed by atoms with Gasteiger partial charge in [0.05, 0.1) is 32.1 Å². The first-order chi connectivity index (χ1) is 16.5. The molecule has 0 atom stereocenters. The molecule has 7 heteroatoms. The van der Waals surface area contributed by atoms with E-state index in [-0.39, 0.29) is 11.3 Å². The average Bonchev–Trinajstić information content (AvgIpc) is 3.08. The summed E-state index contributed by atoms with van der Waals surface area (Å²) in [5.74, 6) is 0.785. The number of carbonyl (C=O) groups is 2. The van der Waals surface area contributed by atoms with E-state index in [0.29, 0.717) is 40.8 Å². The standard InChI is InChI=1S/C27H26N2O5/c1-5-34-20-11-8-10-19(16-20)28-25-24(18-13-14-22(32-3)23(15-18)33-4)26(30)29(27(25)31)21-12-7-6-9-17(21)2/h6-16,28H,5H2,1-4H3. The van der Waals surface area contributed by atoms with Crippen LogP contribution in [-0.2, 0) is 9.59 Å². The second-order valence-electron chi connectivity index (χ2n) is 7.64. The number of imide groups is 1. The Bertz CT molecular complexity index is 1280. The number of nitrogens with one attached hydrogen (secondary N) is 1. The number of nitrogens with zero attached hydrogens (tertiary/aromatic N) is 1. The largest absolute Gasteiger partial charge is 0.494 e. The predicted octanol–water partition coefficient (Wildman–Crippen LogP) is 4.81. The molecular weight excluding hydrogens is 432 g/mol. The van der Waals surface area contributed by atoms with Gasteiger partial charge >= 0.3 is 0 Å². The normalized spacial score (nSPS) is 13.4. The van der Waals surface area contributed by atoms with Gasteiger partial charge < -0.3 is 19.5 Å². The first kappa shape index (κ1) is 22.9. The number of ether oxygens (including phenoxy) is 3. The van der Waals surface area contributed by atoms with E-state index < -0.39 is 11.8 Å². The van der Waals surface area contributed by atoms with E-state index in [1.807, 2.05) is 44.2 Å². The van der Waals surface area contributed by atoms with Crippen LogP contribution in [0.2, 0.25) is 0 Å². The summed E-state index contributed by atoms with van der Waals surface area (Å²) >= 11 is 0. The SMILES string of the molecule is CCOc1cccc(NC2=C(c3ccc(OC)c(OC)c3)C(=O)N(c3ccccc3C)C2=O)c1. The minimum absolute atomic E-state index is 0.175. The number of hydrogen-bond donors (Lipinski definition) is 1. The first-order valence-electron chi connectivity index (χ1n) is 10.9.